The van der Waals surface area contributed by atoms with Gasteiger partial charge in [-0.3, -0.25) is 0 Å². The fraction of sp³-hybridized carbons (Fsp3) is 0.533. The number of hydrogen-bond donors (Lipinski definition) is 0. The summed E-state index contributed by atoms with van der Waals surface area (Å²) in [7, 11) is 0. The van der Waals surface area contributed by atoms with Crippen LogP contribution in [0.25, 0.3) is 12.2 Å². The number of hydrogen-bond acceptors (Lipinski definition) is 1. The zero-order valence-corrected chi connectivity index (χ0v) is 20.2. The lowest BCUT2D eigenvalue weighted by Gasteiger charge is -2.29. The van der Waals surface area contributed by atoms with E-state index in [0.717, 1.165) is 17.0 Å². The zero-order valence-electron chi connectivity index (χ0n) is 20.2. The Kier molecular flexibility index (Phi) is 10.9. The van der Waals surface area contributed by atoms with Gasteiger partial charge in [-0.15, -0.1) is 0 Å². The first kappa shape index (κ1) is 25.5. The van der Waals surface area contributed by atoms with Crippen LogP contribution in [0.5, 0.6) is 5.75 Å². The SMILES string of the molecule is CCCCCCCCC[C@H]1CC[C@H](c2ccc(C=Cc3ccc(OC(F)F)cc3)cc2)CC1. The first-order valence-electron chi connectivity index (χ1n) is 13.0. The van der Waals surface area contributed by atoms with Crippen molar-refractivity contribution in [2.24, 2.45) is 5.92 Å². The van der Waals surface area contributed by atoms with Gasteiger partial charge in [-0.05, 0) is 66.3 Å². The molecule has 1 nitrogen and oxygen atoms in total. The summed E-state index contributed by atoms with van der Waals surface area (Å²) >= 11 is 0. The summed E-state index contributed by atoms with van der Waals surface area (Å²) in [6, 6.07) is 15.6. The number of benzene rings is 2. The second kappa shape index (κ2) is 14.2. The zero-order chi connectivity index (χ0) is 23.3. The number of alkyl halides is 2. The van der Waals surface area contributed by atoms with E-state index < -0.39 is 6.61 Å². The molecular weight excluding hydrogens is 414 g/mol. The molecule has 0 atom stereocenters. The molecule has 0 bridgehead atoms. The molecule has 180 valence electrons. The molecule has 0 radical (unpaired) electrons. The van der Waals surface area contributed by atoms with Crippen LogP contribution in [-0.4, -0.2) is 6.61 Å². The van der Waals surface area contributed by atoms with Crippen LogP contribution in [-0.2, 0) is 0 Å². The van der Waals surface area contributed by atoms with Crippen molar-refractivity contribution >= 4 is 12.2 Å². The van der Waals surface area contributed by atoms with Crippen molar-refractivity contribution in [1.29, 1.82) is 0 Å². The third kappa shape index (κ3) is 9.31. The Morgan fingerprint density at radius 3 is 1.88 bits per heavy atom. The van der Waals surface area contributed by atoms with Crippen LogP contribution in [0.1, 0.15) is 107 Å². The molecule has 3 rings (SSSR count). The van der Waals surface area contributed by atoms with E-state index >= 15 is 0 Å². The quantitative estimate of drug-likeness (QED) is 0.216. The second-order valence-electron chi connectivity index (χ2n) is 9.58. The van der Waals surface area contributed by atoms with Crippen LogP contribution in [0, 0.1) is 5.92 Å². The highest BCUT2D eigenvalue weighted by Crippen LogP contribution is 2.38. The van der Waals surface area contributed by atoms with Crippen LogP contribution in [0.3, 0.4) is 0 Å². The lowest BCUT2D eigenvalue weighted by Crippen LogP contribution is -2.13. The Balaban J connectivity index is 1.38. The molecule has 1 aliphatic carbocycles. The number of unbranched alkanes of at least 4 members (excludes halogenated alkanes) is 6. The molecule has 1 saturated carbocycles. The van der Waals surface area contributed by atoms with Gasteiger partial charge >= 0.3 is 6.61 Å². The van der Waals surface area contributed by atoms with Crippen LogP contribution in [0.15, 0.2) is 48.5 Å². The lowest BCUT2D eigenvalue weighted by molar-refractivity contribution is -0.0498. The number of ether oxygens (including phenoxy) is 1. The Hall–Kier alpha value is -2.16. The summed E-state index contributed by atoms with van der Waals surface area (Å²) in [5, 5.41) is 0. The van der Waals surface area contributed by atoms with Gasteiger partial charge in [-0.1, -0.05) is 107 Å². The first-order chi connectivity index (χ1) is 16.1. The predicted molar refractivity (Wildman–Crippen MR) is 136 cm³/mol. The van der Waals surface area contributed by atoms with Gasteiger partial charge in [0.1, 0.15) is 5.75 Å². The van der Waals surface area contributed by atoms with Crippen molar-refractivity contribution in [2.75, 3.05) is 0 Å². The molecule has 0 saturated heterocycles. The summed E-state index contributed by atoms with van der Waals surface area (Å²) < 4.78 is 28.9. The van der Waals surface area contributed by atoms with Gasteiger partial charge in [0.2, 0.25) is 0 Å². The smallest absolute Gasteiger partial charge is 0.387 e. The highest BCUT2D eigenvalue weighted by molar-refractivity contribution is 5.69. The van der Waals surface area contributed by atoms with Gasteiger partial charge in [0.05, 0.1) is 0 Å². The van der Waals surface area contributed by atoms with Crippen molar-refractivity contribution in [3.63, 3.8) is 0 Å². The molecule has 33 heavy (non-hydrogen) atoms. The normalized spacial score (nSPS) is 18.8. The van der Waals surface area contributed by atoms with Crippen LogP contribution in [0.2, 0.25) is 0 Å². The summed E-state index contributed by atoms with van der Waals surface area (Å²) in [6.07, 6.45) is 20.7. The second-order valence-corrected chi connectivity index (χ2v) is 9.58. The maximum absolute atomic E-state index is 12.2. The molecule has 1 aliphatic rings. The topological polar surface area (TPSA) is 9.23 Å². The largest absolute Gasteiger partial charge is 0.435 e. The van der Waals surface area contributed by atoms with E-state index in [9.17, 15) is 8.78 Å². The lowest BCUT2D eigenvalue weighted by atomic mass is 9.77. The maximum atomic E-state index is 12.2. The highest BCUT2D eigenvalue weighted by atomic mass is 19.3. The molecule has 0 N–H and O–H groups in total. The van der Waals surface area contributed by atoms with Gasteiger partial charge in [-0.2, -0.15) is 8.78 Å². The molecule has 2 aromatic carbocycles. The van der Waals surface area contributed by atoms with Gasteiger partial charge < -0.3 is 4.74 Å². The molecule has 3 heteroatoms. The number of halogens is 2. The van der Waals surface area contributed by atoms with E-state index in [1.807, 2.05) is 6.08 Å². The minimum atomic E-state index is -2.79. The van der Waals surface area contributed by atoms with Crippen LogP contribution >= 0.6 is 0 Å². The van der Waals surface area contributed by atoms with E-state index in [1.54, 1.807) is 24.3 Å². The Morgan fingerprint density at radius 1 is 0.758 bits per heavy atom. The molecule has 0 heterocycles. The molecular formula is C30H40F2O. The Labute approximate surface area is 199 Å². The minimum absolute atomic E-state index is 0.184. The Morgan fingerprint density at radius 2 is 1.30 bits per heavy atom. The molecule has 1 fully saturated rings. The fourth-order valence-electron chi connectivity index (χ4n) is 5.01. The van der Waals surface area contributed by atoms with Crippen molar-refractivity contribution in [1.82, 2.24) is 0 Å². The maximum Gasteiger partial charge on any atom is 0.387 e. The minimum Gasteiger partial charge on any atom is -0.435 e. The van der Waals surface area contributed by atoms with Gasteiger partial charge in [0.15, 0.2) is 0 Å². The predicted octanol–water partition coefficient (Wildman–Crippen LogP) is 9.87. The molecule has 0 amide bonds. The summed E-state index contributed by atoms with van der Waals surface area (Å²) in [6.45, 7) is -0.506. The Bertz CT molecular complexity index is 802. The standard InChI is InChI=1S/C30H40F2O/c1-2-3-4-5-6-7-8-9-24-12-18-27(19-13-24)28-20-14-25(15-21-28)10-11-26-16-22-29(23-17-26)33-30(31)32/h10-11,14-17,20-24,27,30H,2-9,12-13,18-19H2,1H3/t24-,27-. The van der Waals surface area contributed by atoms with E-state index in [4.69, 9.17) is 0 Å². The van der Waals surface area contributed by atoms with E-state index in [2.05, 4.69) is 42.0 Å². The highest BCUT2D eigenvalue weighted by Gasteiger charge is 2.21. The number of rotatable bonds is 13. The molecule has 0 aromatic heterocycles. The van der Waals surface area contributed by atoms with Crippen LogP contribution < -0.4 is 4.74 Å². The van der Waals surface area contributed by atoms with E-state index in [-0.39, 0.29) is 5.75 Å². The van der Waals surface area contributed by atoms with Gasteiger partial charge in [0, 0.05) is 0 Å². The monoisotopic (exact) mass is 454 g/mol. The molecule has 0 spiro atoms. The van der Waals surface area contributed by atoms with Crippen LogP contribution in [0.4, 0.5) is 8.78 Å². The van der Waals surface area contributed by atoms with Crippen molar-refractivity contribution in [3.05, 3.63) is 65.2 Å². The summed E-state index contributed by atoms with van der Waals surface area (Å²) in [4.78, 5) is 0. The molecule has 0 unspecified atom stereocenters. The van der Waals surface area contributed by atoms with Crippen molar-refractivity contribution in [2.45, 2.75) is 96.5 Å². The van der Waals surface area contributed by atoms with Crippen molar-refractivity contribution < 1.29 is 13.5 Å². The third-order valence-electron chi connectivity index (χ3n) is 7.04. The summed E-state index contributed by atoms with van der Waals surface area (Å²) in [5.74, 6) is 1.83. The van der Waals surface area contributed by atoms with E-state index in [0.29, 0.717) is 5.92 Å². The van der Waals surface area contributed by atoms with Crippen molar-refractivity contribution in [3.8, 4) is 5.75 Å². The van der Waals surface area contributed by atoms with E-state index in [1.165, 1.54) is 82.6 Å². The third-order valence-corrected chi connectivity index (χ3v) is 7.04. The molecule has 2 aromatic rings. The average molecular weight is 455 g/mol. The fourth-order valence-corrected chi connectivity index (χ4v) is 5.01. The first-order valence-corrected chi connectivity index (χ1v) is 13.0. The summed E-state index contributed by atoms with van der Waals surface area (Å²) in [5.41, 5.74) is 3.58. The van der Waals surface area contributed by atoms with Gasteiger partial charge in [0.25, 0.3) is 0 Å². The van der Waals surface area contributed by atoms with Gasteiger partial charge in [-0.25, -0.2) is 0 Å². The average Bonchev–Trinajstić information content (AvgIpc) is 2.83. The molecule has 0 aliphatic heterocycles.